The van der Waals surface area contributed by atoms with Gasteiger partial charge >= 0.3 is 5.97 Å². The summed E-state index contributed by atoms with van der Waals surface area (Å²) in [6.45, 7) is 0. The van der Waals surface area contributed by atoms with Crippen LogP contribution in [0.5, 0.6) is 0 Å². The first-order valence-electron chi connectivity index (χ1n) is 10.6. The Hall–Kier alpha value is -2.79. The van der Waals surface area contributed by atoms with Gasteiger partial charge in [-0.3, -0.25) is 9.59 Å². The van der Waals surface area contributed by atoms with Crippen molar-refractivity contribution in [3.8, 4) is 0 Å². The molecule has 0 bridgehead atoms. The highest BCUT2D eigenvalue weighted by atomic mass is 16.4. The van der Waals surface area contributed by atoms with Gasteiger partial charge in [0, 0.05) is 13.5 Å². The number of imidazole rings is 1. The van der Waals surface area contributed by atoms with Crippen LogP contribution in [-0.4, -0.2) is 72.0 Å². The topological polar surface area (TPSA) is 162 Å². The number of rotatable bonds is 7. The van der Waals surface area contributed by atoms with Crippen LogP contribution in [-0.2, 0) is 9.59 Å². The van der Waals surface area contributed by atoms with Crippen LogP contribution >= 0.6 is 0 Å². The van der Waals surface area contributed by atoms with E-state index in [1.165, 1.54) is 6.33 Å². The lowest BCUT2D eigenvalue weighted by atomic mass is 9.79. The first-order chi connectivity index (χ1) is 14.8. The maximum absolute atomic E-state index is 12.7. The van der Waals surface area contributed by atoms with Gasteiger partial charge in [0.15, 0.2) is 11.5 Å². The van der Waals surface area contributed by atoms with Crippen LogP contribution in [0.15, 0.2) is 12.7 Å². The van der Waals surface area contributed by atoms with Crippen LogP contribution in [0, 0.1) is 5.41 Å². The maximum atomic E-state index is 12.7. The number of aliphatic hydroxyl groups excluding tert-OH is 2. The number of hydrogen-bond acceptors (Lipinski definition) is 8. The second-order valence-corrected chi connectivity index (χ2v) is 8.71. The van der Waals surface area contributed by atoms with Crippen molar-refractivity contribution in [3.63, 3.8) is 0 Å². The molecule has 2 aromatic heterocycles. The quantitative estimate of drug-likeness (QED) is 0.418. The van der Waals surface area contributed by atoms with Crippen LogP contribution in [0.3, 0.4) is 0 Å². The molecule has 0 saturated heterocycles. The fourth-order valence-electron chi connectivity index (χ4n) is 5.16. The Morgan fingerprint density at radius 2 is 1.90 bits per heavy atom. The number of hydrogen-bond donors (Lipinski definition) is 5. The smallest absolute Gasteiger partial charge is 0.303 e. The number of nitrogens with zero attached hydrogens (tertiary/aromatic N) is 4. The summed E-state index contributed by atoms with van der Waals surface area (Å²) in [5.74, 6) is -0.640. The highest BCUT2D eigenvalue weighted by Gasteiger charge is 2.45. The lowest BCUT2D eigenvalue weighted by Gasteiger charge is -2.27. The fraction of sp³-hybridized carbons (Fsp3) is 0.650. The number of carbonyl (C=O) groups excluding carboxylic acids is 1. The summed E-state index contributed by atoms with van der Waals surface area (Å²) in [6.07, 6.45) is 4.28. The molecule has 2 aliphatic carbocycles. The molecular formula is C20H28N6O5. The van der Waals surface area contributed by atoms with Gasteiger partial charge in [-0.25, -0.2) is 15.0 Å². The van der Waals surface area contributed by atoms with E-state index >= 15 is 0 Å². The van der Waals surface area contributed by atoms with E-state index in [4.69, 9.17) is 0 Å². The fourth-order valence-corrected chi connectivity index (χ4v) is 5.16. The molecule has 0 aromatic carbocycles. The number of fused-ring (bicyclic) bond motifs is 1. The summed E-state index contributed by atoms with van der Waals surface area (Å²) in [6, 6.07) is -1.18. The van der Waals surface area contributed by atoms with E-state index in [2.05, 4.69) is 25.6 Å². The van der Waals surface area contributed by atoms with E-state index in [-0.39, 0.29) is 18.7 Å². The number of aliphatic hydroxyl groups is 2. The van der Waals surface area contributed by atoms with Gasteiger partial charge in [0.2, 0.25) is 5.91 Å². The maximum Gasteiger partial charge on any atom is 0.303 e. The molecule has 2 fully saturated rings. The van der Waals surface area contributed by atoms with Crippen molar-refractivity contribution in [3.05, 3.63) is 12.7 Å². The van der Waals surface area contributed by atoms with Crippen LogP contribution in [0.25, 0.3) is 11.2 Å². The van der Waals surface area contributed by atoms with Crippen LogP contribution in [0.2, 0.25) is 0 Å². The Labute approximate surface area is 178 Å². The molecule has 0 unspecified atom stereocenters. The Morgan fingerprint density at radius 3 is 2.58 bits per heavy atom. The molecule has 168 valence electrons. The van der Waals surface area contributed by atoms with Crippen molar-refractivity contribution < 1.29 is 24.9 Å². The molecule has 1 amide bonds. The van der Waals surface area contributed by atoms with Crippen LogP contribution in [0.1, 0.15) is 51.0 Å². The molecule has 0 spiro atoms. The summed E-state index contributed by atoms with van der Waals surface area (Å²) >= 11 is 0. The molecule has 2 aliphatic rings. The van der Waals surface area contributed by atoms with Crippen molar-refractivity contribution in [2.24, 2.45) is 5.41 Å². The third-order valence-electron chi connectivity index (χ3n) is 6.68. The van der Waals surface area contributed by atoms with Gasteiger partial charge in [0.05, 0.1) is 24.8 Å². The minimum absolute atomic E-state index is 0.0343. The van der Waals surface area contributed by atoms with Crippen molar-refractivity contribution in [2.75, 3.05) is 12.4 Å². The summed E-state index contributed by atoms with van der Waals surface area (Å²) < 4.78 is 1.70. The van der Waals surface area contributed by atoms with Crippen LogP contribution in [0.4, 0.5) is 5.82 Å². The number of aliphatic carboxylic acids is 1. The monoisotopic (exact) mass is 432 g/mol. The highest BCUT2D eigenvalue weighted by molar-refractivity contribution is 5.82. The number of carboxylic acid groups (broad SMARTS) is 1. The van der Waals surface area contributed by atoms with E-state index in [9.17, 15) is 24.9 Å². The zero-order valence-electron chi connectivity index (χ0n) is 17.4. The molecule has 0 aliphatic heterocycles. The summed E-state index contributed by atoms with van der Waals surface area (Å²) in [5, 5.41) is 36.3. The zero-order valence-corrected chi connectivity index (χ0v) is 17.4. The average molecular weight is 432 g/mol. The molecule has 5 N–H and O–H groups in total. The van der Waals surface area contributed by atoms with E-state index in [1.807, 2.05) is 0 Å². The largest absolute Gasteiger partial charge is 0.481 e. The standard InChI is InChI=1S/C20H28N6O5/c1-21-18-15-19(23-9-22-18)26(10-24-15)12-6-11(16(30)17(12)31)25-13(27)7-20(8-14(28)29)4-2-3-5-20/h9-12,16-17,30-31H,2-8H2,1H3,(H,25,27)(H,28,29)(H,21,22,23)/t11-,12+,16+,17-/m1/s1. The molecule has 11 heteroatoms. The highest BCUT2D eigenvalue weighted by Crippen LogP contribution is 2.44. The number of amides is 1. The SMILES string of the molecule is CNc1ncnc2c1ncn2[C@H]1C[C@@H](NC(=O)CC2(CC(=O)O)CCCC2)[C@H](O)[C@@H]1O. The van der Waals surface area contributed by atoms with E-state index < -0.39 is 35.7 Å². The van der Waals surface area contributed by atoms with E-state index in [0.29, 0.717) is 36.2 Å². The van der Waals surface area contributed by atoms with Crippen molar-refractivity contribution >= 4 is 28.9 Å². The third kappa shape index (κ3) is 4.07. The Bertz CT molecular complexity index is 972. The summed E-state index contributed by atoms with van der Waals surface area (Å²) in [5.41, 5.74) is 0.545. The zero-order chi connectivity index (χ0) is 22.2. The van der Waals surface area contributed by atoms with Gasteiger partial charge < -0.3 is 30.5 Å². The van der Waals surface area contributed by atoms with Crippen LogP contribution < -0.4 is 10.6 Å². The van der Waals surface area contributed by atoms with Crippen molar-refractivity contribution in [2.45, 2.75) is 69.2 Å². The van der Waals surface area contributed by atoms with Gasteiger partial charge in [-0.15, -0.1) is 0 Å². The number of nitrogens with one attached hydrogen (secondary N) is 2. The minimum Gasteiger partial charge on any atom is -0.481 e. The molecule has 4 rings (SSSR count). The summed E-state index contributed by atoms with van der Waals surface area (Å²) in [4.78, 5) is 36.7. The lowest BCUT2D eigenvalue weighted by Crippen LogP contribution is -2.44. The second kappa shape index (κ2) is 8.39. The predicted octanol–water partition coefficient (Wildman–Crippen LogP) is 0.445. The normalized spacial score (nSPS) is 27.5. The van der Waals surface area contributed by atoms with Gasteiger partial charge in [-0.2, -0.15) is 0 Å². The molecule has 2 heterocycles. The van der Waals surface area contributed by atoms with Gasteiger partial charge in [0.25, 0.3) is 0 Å². The second-order valence-electron chi connectivity index (χ2n) is 8.71. The van der Waals surface area contributed by atoms with E-state index in [1.54, 1.807) is 17.9 Å². The molecule has 2 saturated carbocycles. The number of carbonyl (C=O) groups is 2. The Morgan fingerprint density at radius 1 is 1.16 bits per heavy atom. The first kappa shape index (κ1) is 21.4. The number of aromatic nitrogens is 4. The average Bonchev–Trinajstić information content (AvgIpc) is 3.42. The summed E-state index contributed by atoms with van der Waals surface area (Å²) in [7, 11) is 1.72. The van der Waals surface area contributed by atoms with Crippen molar-refractivity contribution in [1.82, 2.24) is 24.8 Å². The molecule has 11 nitrogen and oxygen atoms in total. The molecule has 4 atom stereocenters. The predicted molar refractivity (Wildman–Crippen MR) is 110 cm³/mol. The van der Waals surface area contributed by atoms with Gasteiger partial charge in [0.1, 0.15) is 24.1 Å². The number of carboxylic acids is 1. The Balaban J connectivity index is 1.48. The minimum atomic E-state index is -1.16. The van der Waals surface area contributed by atoms with E-state index in [0.717, 1.165) is 12.8 Å². The third-order valence-corrected chi connectivity index (χ3v) is 6.68. The van der Waals surface area contributed by atoms with Gasteiger partial charge in [-0.1, -0.05) is 12.8 Å². The molecule has 31 heavy (non-hydrogen) atoms. The molecule has 2 aromatic rings. The molecule has 0 radical (unpaired) electrons. The molecular weight excluding hydrogens is 404 g/mol. The van der Waals surface area contributed by atoms with Crippen molar-refractivity contribution in [1.29, 1.82) is 0 Å². The Kier molecular flexibility index (Phi) is 5.80. The van der Waals surface area contributed by atoms with Gasteiger partial charge in [-0.05, 0) is 24.7 Å². The number of anilines is 1. The lowest BCUT2D eigenvalue weighted by molar-refractivity contribution is -0.140. The first-order valence-corrected chi connectivity index (χ1v) is 10.6.